The number of aromatic nitrogens is 4. The molecule has 0 amide bonds. The summed E-state index contributed by atoms with van der Waals surface area (Å²) < 4.78 is 8.10. The molecule has 136 valence electrons. The molecule has 2 aliphatic rings. The van der Waals surface area contributed by atoms with Crippen molar-refractivity contribution >= 4 is 23.7 Å². The molecule has 1 spiro atoms. The summed E-state index contributed by atoms with van der Waals surface area (Å²) >= 11 is 1.79. The van der Waals surface area contributed by atoms with Crippen molar-refractivity contribution in [1.29, 1.82) is 0 Å². The van der Waals surface area contributed by atoms with Crippen LogP contribution < -0.4 is 5.32 Å². The quantitative estimate of drug-likeness (QED) is 0.730. The highest BCUT2D eigenvalue weighted by molar-refractivity contribution is 7.15. The van der Waals surface area contributed by atoms with Crippen molar-refractivity contribution in [2.45, 2.75) is 24.9 Å². The summed E-state index contributed by atoms with van der Waals surface area (Å²) in [6.07, 6.45) is 3.03. The van der Waals surface area contributed by atoms with Gasteiger partial charge in [0, 0.05) is 4.88 Å². The maximum absolute atomic E-state index is 6.29. The largest absolute Gasteiger partial charge is 0.369 e. The fraction of sp³-hybridized carbons (Fsp3) is 0.389. The van der Waals surface area contributed by atoms with E-state index in [1.807, 2.05) is 35.0 Å². The van der Waals surface area contributed by atoms with E-state index < -0.39 is 0 Å². The first-order chi connectivity index (χ1) is 12.4. The van der Waals surface area contributed by atoms with Crippen LogP contribution in [-0.4, -0.2) is 39.9 Å². The minimum atomic E-state index is -0.118. The second kappa shape index (κ2) is 7.08. The fourth-order valence-electron chi connectivity index (χ4n) is 3.82. The van der Waals surface area contributed by atoms with Crippen LogP contribution in [0.1, 0.15) is 23.3 Å². The standard InChI is InChI=1S/C18H19N5OS.ClH/c1-2-4-14(5-3-1)23-17(20-21-22-23)15-12-13-6-11-24-18(16(13)25-15)7-9-19-10-8-18;/h1-5,12,19H,6-11H2;1H. The summed E-state index contributed by atoms with van der Waals surface area (Å²) in [6.45, 7) is 2.82. The normalized spacial score (nSPS) is 18.3. The Kier molecular flexibility index (Phi) is 4.79. The number of piperidine rings is 1. The third-order valence-electron chi connectivity index (χ3n) is 5.07. The molecule has 0 radical (unpaired) electrons. The minimum absolute atomic E-state index is 0. The molecule has 1 N–H and O–H groups in total. The van der Waals surface area contributed by atoms with Gasteiger partial charge in [-0.15, -0.1) is 28.8 Å². The molecule has 0 unspecified atom stereocenters. The maximum Gasteiger partial charge on any atom is 0.197 e. The Labute approximate surface area is 162 Å². The number of thiophene rings is 1. The molecule has 2 aromatic heterocycles. The first-order valence-corrected chi connectivity index (χ1v) is 9.49. The molecule has 0 bridgehead atoms. The Morgan fingerprint density at radius 3 is 2.77 bits per heavy atom. The Bertz CT molecular complexity index is 888. The van der Waals surface area contributed by atoms with Crippen LogP contribution in [0, 0.1) is 0 Å². The Morgan fingerprint density at radius 1 is 1.15 bits per heavy atom. The van der Waals surface area contributed by atoms with Crippen molar-refractivity contribution in [1.82, 2.24) is 25.5 Å². The summed E-state index contributed by atoms with van der Waals surface area (Å²) in [5, 5.41) is 15.8. The molecule has 6 nitrogen and oxygen atoms in total. The van der Waals surface area contributed by atoms with Crippen LogP contribution in [0.5, 0.6) is 0 Å². The first kappa shape index (κ1) is 17.6. The van der Waals surface area contributed by atoms with E-state index in [4.69, 9.17) is 4.74 Å². The molecule has 1 aromatic carbocycles. The molecular formula is C18H20ClN5OS. The summed E-state index contributed by atoms with van der Waals surface area (Å²) in [7, 11) is 0. The molecule has 3 aromatic rings. The van der Waals surface area contributed by atoms with Crippen LogP contribution in [0.3, 0.4) is 0 Å². The number of halogens is 1. The molecule has 0 saturated carbocycles. The number of para-hydroxylation sites is 1. The number of hydrogen-bond acceptors (Lipinski definition) is 6. The zero-order chi connectivity index (χ0) is 16.7. The Morgan fingerprint density at radius 2 is 1.96 bits per heavy atom. The van der Waals surface area contributed by atoms with Gasteiger partial charge in [-0.1, -0.05) is 18.2 Å². The van der Waals surface area contributed by atoms with Gasteiger partial charge in [-0.2, -0.15) is 4.68 Å². The summed E-state index contributed by atoms with van der Waals surface area (Å²) in [5.74, 6) is 0.801. The topological polar surface area (TPSA) is 64.9 Å². The highest BCUT2D eigenvalue weighted by Gasteiger charge is 2.41. The van der Waals surface area contributed by atoms with Crippen LogP contribution >= 0.6 is 23.7 Å². The second-order valence-corrected chi connectivity index (χ2v) is 7.61. The van der Waals surface area contributed by atoms with E-state index in [0.717, 1.165) is 55.3 Å². The first-order valence-electron chi connectivity index (χ1n) is 8.68. The monoisotopic (exact) mass is 389 g/mol. The lowest BCUT2D eigenvalue weighted by Crippen LogP contribution is -2.43. The number of fused-ring (bicyclic) bond motifs is 2. The Balaban J connectivity index is 0.00000168. The number of ether oxygens (including phenoxy) is 1. The van der Waals surface area contributed by atoms with Crippen LogP contribution in [-0.2, 0) is 16.8 Å². The van der Waals surface area contributed by atoms with Gasteiger partial charge in [0.1, 0.15) is 5.60 Å². The highest BCUT2D eigenvalue weighted by Crippen LogP contribution is 2.46. The van der Waals surface area contributed by atoms with E-state index in [1.165, 1.54) is 10.4 Å². The third-order valence-corrected chi connectivity index (χ3v) is 6.43. The summed E-state index contributed by atoms with van der Waals surface area (Å²) in [6, 6.07) is 12.3. The number of hydrogen-bond donors (Lipinski definition) is 1. The van der Waals surface area contributed by atoms with Crippen molar-refractivity contribution in [2.24, 2.45) is 0 Å². The second-order valence-electron chi connectivity index (χ2n) is 6.56. The molecule has 26 heavy (non-hydrogen) atoms. The van der Waals surface area contributed by atoms with E-state index in [2.05, 4.69) is 26.9 Å². The molecule has 5 rings (SSSR count). The third kappa shape index (κ3) is 2.85. The smallest absolute Gasteiger partial charge is 0.197 e. The number of rotatable bonds is 2. The fourth-order valence-corrected chi connectivity index (χ4v) is 5.20. The average Bonchev–Trinajstić information content (AvgIpc) is 3.31. The molecule has 0 aliphatic carbocycles. The Hall–Kier alpha value is -1.80. The zero-order valence-corrected chi connectivity index (χ0v) is 15.9. The summed E-state index contributed by atoms with van der Waals surface area (Å²) in [5.41, 5.74) is 2.25. The minimum Gasteiger partial charge on any atom is -0.369 e. The lowest BCUT2D eigenvalue weighted by Gasteiger charge is -2.40. The lowest BCUT2D eigenvalue weighted by molar-refractivity contribution is -0.0771. The van der Waals surface area contributed by atoms with Crippen LogP contribution in [0.25, 0.3) is 16.4 Å². The molecule has 2 aliphatic heterocycles. The molecule has 0 atom stereocenters. The van der Waals surface area contributed by atoms with Gasteiger partial charge >= 0.3 is 0 Å². The van der Waals surface area contributed by atoms with Crippen molar-refractivity contribution in [3.8, 4) is 16.4 Å². The number of tetrazole rings is 1. The van der Waals surface area contributed by atoms with Gasteiger partial charge in [-0.05, 0) is 66.5 Å². The van der Waals surface area contributed by atoms with E-state index in [9.17, 15) is 0 Å². The van der Waals surface area contributed by atoms with E-state index in [1.54, 1.807) is 11.3 Å². The van der Waals surface area contributed by atoms with Crippen LogP contribution in [0.2, 0.25) is 0 Å². The molecule has 1 saturated heterocycles. The number of benzene rings is 1. The van der Waals surface area contributed by atoms with Gasteiger partial charge in [0.25, 0.3) is 0 Å². The average molecular weight is 390 g/mol. The zero-order valence-electron chi connectivity index (χ0n) is 14.2. The lowest BCUT2D eigenvalue weighted by atomic mass is 9.86. The van der Waals surface area contributed by atoms with E-state index in [-0.39, 0.29) is 18.0 Å². The van der Waals surface area contributed by atoms with E-state index in [0.29, 0.717) is 0 Å². The van der Waals surface area contributed by atoms with Crippen molar-refractivity contribution in [3.05, 3.63) is 46.8 Å². The number of nitrogens with one attached hydrogen (secondary N) is 1. The molecule has 4 heterocycles. The van der Waals surface area contributed by atoms with E-state index >= 15 is 0 Å². The van der Waals surface area contributed by atoms with Crippen LogP contribution in [0.15, 0.2) is 36.4 Å². The molecule has 8 heteroatoms. The predicted octanol–water partition coefficient (Wildman–Crippen LogP) is 2.96. The van der Waals surface area contributed by atoms with Crippen molar-refractivity contribution in [2.75, 3.05) is 19.7 Å². The van der Waals surface area contributed by atoms with Gasteiger partial charge in [0.2, 0.25) is 0 Å². The maximum atomic E-state index is 6.29. The SMILES string of the molecule is Cl.c1ccc(-n2nnnc2-c2cc3c(s2)C2(CCNCC2)OCC3)cc1. The predicted molar refractivity (Wildman–Crippen MR) is 103 cm³/mol. The van der Waals surface area contributed by atoms with Gasteiger partial charge in [-0.3, -0.25) is 0 Å². The van der Waals surface area contributed by atoms with Gasteiger partial charge in [0.05, 0.1) is 17.2 Å². The number of nitrogens with zero attached hydrogens (tertiary/aromatic N) is 4. The molecular weight excluding hydrogens is 370 g/mol. The van der Waals surface area contributed by atoms with Crippen molar-refractivity contribution in [3.63, 3.8) is 0 Å². The van der Waals surface area contributed by atoms with Gasteiger partial charge in [0.15, 0.2) is 5.82 Å². The van der Waals surface area contributed by atoms with Gasteiger partial charge in [-0.25, -0.2) is 0 Å². The molecule has 1 fully saturated rings. The van der Waals surface area contributed by atoms with Gasteiger partial charge < -0.3 is 10.1 Å². The summed E-state index contributed by atoms with van der Waals surface area (Å²) in [4.78, 5) is 2.49. The van der Waals surface area contributed by atoms with Crippen LogP contribution in [0.4, 0.5) is 0 Å². The van der Waals surface area contributed by atoms with Crippen molar-refractivity contribution < 1.29 is 4.74 Å². The highest BCUT2D eigenvalue weighted by atomic mass is 35.5.